The summed E-state index contributed by atoms with van der Waals surface area (Å²) in [6.07, 6.45) is 19.2. The van der Waals surface area contributed by atoms with Crippen molar-refractivity contribution in [2.45, 2.75) is 93.8 Å². The van der Waals surface area contributed by atoms with Gasteiger partial charge in [-0.15, -0.1) is 36.7 Å². The molecule has 1 N–H and O–H groups in total. The largest absolute Gasteiger partial charge is 0.507 e. The van der Waals surface area contributed by atoms with E-state index in [4.69, 9.17) is 0 Å². The van der Waals surface area contributed by atoms with Gasteiger partial charge in [0.05, 0.1) is 4.90 Å². The number of thioether (sulfide) groups is 2. The molecule has 1 rings (SSSR count). The molecule has 1 nitrogen and oxygen atoms in total. The number of hydrogen-bond acceptors (Lipinski definition) is 3. The number of hydrogen-bond donors (Lipinski definition) is 1. The summed E-state index contributed by atoms with van der Waals surface area (Å²) < 4.78 is 0. The van der Waals surface area contributed by atoms with Crippen molar-refractivity contribution in [2.24, 2.45) is 0 Å². The van der Waals surface area contributed by atoms with E-state index in [1.165, 1.54) is 74.9 Å². The van der Waals surface area contributed by atoms with Crippen molar-refractivity contribution in [3.8, 4) is 5.75 Å². The lowest BCUT2D eigenvalue weighted by Gasteiger charge is -2.11. The zero-order valence-corrected chi connectivity index (χ0v) is 19.5. The van der Waals surface area contributed by atoms with Gasteiger partial charge in [0.25, 0.3) is 0 Å². The summed E-state index contributed by atoms with van der Waals surface area (Å²) >= 11 is 3.74. The van der Waals surface area contributed by atoms with E-state index < -0.39 is 0 Å². The molecule has 1 aromatic rings. The minimum absolute atomic E-state index is 0.475. The maximum absolute atomic E-state index is 10.4. The Labute approximate surface area is 182 Å². The molecule has 0 atom stereocenters. The SMILES string of the molecule is C=CCCCCCCCSc1cc(C)c(O)c(SCCCCCCCC=C)c1. The van der Waals surface area contributed by atoms with Crippen LogP contribution in [0.25, 0.3) is 0 Å². The minimum Gasteiger partial charge on any atom is -0.507 e. The van der Waals surface area contributed by atoms with Crippen molar-refractivity contribution < 1.29 is 5.11 Å². The number of allylic oxidation sites excluding steroid dienone is 2. The van der Waals surface area contributed by atoms with Gasteiger partial charge in [0, 0.05) is 4.90 Å². The average Bonchev–Trinajstić information content (AvgIpc) is 2.69. The molecule has 28 heavy (non-hydrogen) atoms. The zero-order chi connectivity index (χ0) is 20.5. The molecule has 0 aliphatic rings. The number of aromatic hydroxyl groups is 1. The van der Waals surface area contributed by atoms with Crippen LogP contribution >= 0.6 is 23.5 Å². The fourth-order valence-corrected chi connectivity index (χ4v) is 5.32. The number of phenols is 1. The van der Waals surface area contributed by atoms with E-state index in [9.17, 15) is 5.11 Å². The molecule has 0 heterocycles. The van der Waals surface area contributed by atoms with E-state index in [-0.39, 0.29) is 0 Å². The number of aryl methyl sites for hydroxylation is 1. The fraction of sp³-hybridized carbons (Fsp3) is 0.600. The number of phenolic OH excluding ortho intramolecular Hbond substituents is 1. The highest BCUT2D eigenvalue weighted by atomic mass is 32.2. The molecule has 0 saturated carbocycles. The van der Waals surface area contributed by atoms with Crippen LogP contribution in [0.15, 0.2) is 47.2 Å². The van der Waals surface area contributed by atoms with Gasteiger partial charge >= 0.3 is 0 Å². The molecule has 0 amide bonds. The molecule has 1 aromatic carbocycles. The third kappa shape index (κ3) is 11.9. The van der Waals surface area contributed by atoms with Crippen LogP contribution in [0.2, 0.25) is 0 Å². The Hall–Kier alpha value is -0.800. The van der Waals surface area contributed by atoms with Crippen molar-refractivity contribution in [3.05, 3.63) is 43.0 Å². The van der Waals surface area contributed by atoms with Gasteiger partial charge in [-0.2, -0.15) is 0 Å². The highest BCUT2D eigenvalue weighted by Crippen LogP contribution is 2.36. The maximum Gasteiger partial charge on any atom is 0.132 e. The van der Waals surface area contributed by atoms with Crippen molar-refractivity contribution in [2.75, 3.05) is 11.5 Å². The van der Waals surface area contributed by atoms with Gasteiger partial charge in [0.15, 0.2) is 0 Å². The Bertz CT molecular complexity index is 554. The molecule has 0 unspecified atom stereocenters. The highest BCUT2D eigenvalue weighted by Gasteiger charge is 2.08. The van der Waals surface area contributed by atoms with Gasteiger partial charge in [0.1, 0.15) is 5.75 Å². The first-order valence-corrected chi connectivity index (χ1v) is 13.0. The Kier molecular flexibility index (Phi) is 15.4. The van der Waals surface area contributed by atoms with Crippen molar-refractivity contribution >= 4 is 23.5 Å². The molecule has 158 valence electrons. The Balaban J connectivity index is 2.26. The number of unbranched alkanes of at least 4 members (excludes halogenated alkanes) is 10. The van der Waals surface area contributed by atoms with E-state index in [2.05, 4.69) is 25.3 Å². The third-order valence-corrected chi connectivity index (χ3v) is 7.05. The van der Waals surface area contributed by atoms with Gasteiger partial charge in [-0.1, -0.05) is 50.7 Å². The Morgan fingerprint density at radius 3 is 1.82 bits per heavy atom. The van der Waals surface area contributed by atoms with Gasteiger partial charge in [-0.25, -0.2) is 0 Å². The first kappa shape index (κ1) is 25.2. The maximum atomic E-state index is 10.4. The van der Waals surface area contributed by atoms with Crippen molar-refractivity contribution in [1.29, 1.82) is 0 Å². The predicted octanol–water partition coefficient (Wildman–Crippen LogP) is 8.94. The smallest absolute Gasteiger partial charge is 0.132 e. The summed E-state index contributed by atoms with van der Waals surface area (Å²) in [5, 5.41) is 10.4. The molecule has 0 fully saturated rings. The number of rotatable bonds is 18. The molecule has 0 aliphatic carbocycles. The van der Waals surface area contributed by atoms with Crippen LogP contribution in [0.4, 0.5) is 0 Å². The first-order valence-electron chi connectivity index (χ1n) is 11.0. The molecule has 0 radical (unpaired) electrons. The van der Waals surface area contributed by atoms with Crippen molar-refractivity contribution in [1.82, 2.24) is 0 Å². The summed E-state index contributed by atoms with van der Waals surface area (Å²) in [4.78, 5) is 2.35. The van der Waals surface area contributed by atoms with Crippen molar-refractivity contribution in [3.63, 3.8) is 0 Å². The zero-order valence-electron chi connectivity index (χ0n) is 17.9. The highest BCUT2D eigenvalue weighted by molar-refractivity contribution is 8.00. The molecule has 0 aromatic heterocycles. The van der Waals surface area contributed by atoms with Crippen LogP contribution in [0, 0.1) is 6.92 Å². The summed E-state index contributed by atoms with van der Waals surface area (Å²) in [6.45, 7) is 9.57. The molecule has 0 spiro atoms. The second kappa shape index (κ2) is 17.1. The van der Waals surface area contributed by atoms with Gasteiger partial charge < -0.3 is 5.11 Å². The quantitative estimate of drug-likeness (QED) is 0.145. The number of benzene rings is 1. The molecule has 3 heteroatoms. The van der Waals surface area contributed by atoms with E-state index in [1.54, 1.807) is 0 Å². The lowest BCUT2D eigenvalue weighted by molar-refractivity contribution is 0.457. The van der Waals surface area contributed by atoms with E-state index in [0.29, 0.717) is 5.75 Å². The molecule has 0 aliphatic heterocycles. The van der Waals surface area contributed by atoms with E-state index >= 15 is 0 Å². The molecule has 0 bridgehead atoms. The van der Waals surface area contributed by atoms with Crippen LogP contribution in [-0.2, 0) is 0 Å². The molecule has 0 saturated heterocycles. The van der Waals surface area contributed by atoms with Crippen LogP contribution in [0.3, 0.4) is 0 Å². The minimum atomic E-state index is 0.475. The normalized spacial score (nSPS) is 10.9. The monoisotopic (exact) mass is 420 g/mol. The lowest BCUT2D eigenvalue weighted by Crippen LogP contribution is -1.88. The van der Waals surface area contributed by atoms with E-state index in [0.717, 1.165) is 29.1 Å². The lowest BCUT2D eigenvalue weighted by atomic mass is 10.1. The summed E-state index contributed by atoms with van der Waals surface area (Å²) in [5.74, 6) is 2.73. The average molecular weight is 421 g/mol. The van der Waals surface area contributed by atoms with Crippen LogP contribution in [0.5, 0.6) is 5.75 Å². The van der Waals surface area contributed by atoms with Crippen LogP contribution in [0.1, 0.15) is 82.6 Å². The van der Waals surface area contributed by atoms with Gasteiger partial charge in [0.2, 0.25) is 0 Å². The second-order valence-corrected chi connectivity index (χ2v) is 9.78. The van der Waals surface area contributed by atoms with Crippen LogP contribution in [-0.4, -0.2) is 16.6 Å². The summed E-state index contributed by atoms with van der Waals surface area (Å²) in [6, 6.07) is 4.32. The first-order chi connectivity index (χ1) is 13.7. The van der Waals surface area contributed by atoms with Gasteiger partial charge in [-0.3, -0.25) is 0 Å². The van der Waals surface area contributed by atoms with E-state index in [1.807, 2.05) is 42.6 Å². The third-order valence-electron chi connectivity index (χ3n) is 4.87. The van der Waals surface area contributed by atoms with Crippen LogP contribution < -0.4 is 0 Å². The Morgan fingerprint density at radius 2 is 1.25 bits per heavy atom. The predicted molar refractivity (Wildman–Crippen MR) is 130 cm³/mol. The standard InChI is InChI=1S/C25H40OS2/c1-4-6-8-10-12-14-16-18-27-23-20-22(3)25(26)24(21-23)28-19-17-15-13-11-9-7-5-2/h4-5,20-21,26H,1-2,6-19H2,3H3. The topological polar surface area (TPSA) is 20.2 Å². The van der Waals surface area contributed by atoms with Gasteiger partial charge in [-0.05, 0) is 74.7 Å². The molecular formula is C25H40OS2. The summed E-state index contributed by atoms with van der Waals surface area (Å²) in [7, 11) is 0. The molecular weight excluding hydrogens is 380 g/mol. The Morgan fingerprint density at radius 1 is 0.750 bits per heavy atom. The fourth-order valence-electron chi connectivity index (χ4n) is 3.12. The second-order valence-electron chi connectivity index (χ2n) is 7.47. The summed E-state index contributed by atoms with van der Waals surface area (Å²) in [5.41, 5.74) is 1.00.